The van der Waals surface area contributed by atoms with Crippen LogP contribution in [-0.4, -0.2) is 17.5 Å². The van der Waals surface area contributed by atoms with Crippen LogP contribution in [0.25, 0.3) is 0 Å². The van der Waals surface area contributed by atoms with Crippen molar-refractivity contribution in [2.45, 2.75) is 59.9 Å². The smallest absolute Gasteiger partial charge is 0.410 e. The second-order valence-electron chi connectivity index (χ2n) is 7.57. The van der Waals surface area contributed by atoms with E-state index in [0.717, 1.165) is 6.42 Å². The van der Waals surface area contributed by atoms with Crippen LogP contribution in [0.5, 0.6) is 5.75 Å². The van der Waals surface area contributed by atoms with E-state index in [0.29, 0.717) is 17.9 Å². The highest BCUT2D eigenvalue weighted by Gasteiger charge is 2.27. The lowest BCUT2D eigenvalue weighted by atomic mass is 9.82. The van der Waals surface area contributed by atoms with Gasteiger partial charge in [0.05, 0.1) is 0 Å². The SMILES string of the molecule is CCC(=O)Nc1cccc(OC(=O)NC(C)(C)CC(C)(C)C)c1. The molecule has 0 heterocycles. The second kappa shape index (κ2) is 7.49. The average molecular weight is 320 g/mol. The quantitative estimate of drug-likeness (QED) is 0.848. The van der Waals surface area contributed by atoms with E-state index >= 15 is 0 Å². The zero-order valence-electron chi connectivity index (χ0n) is 14.9. The molecule has 0 saturated heterocycles. The van der Waals surface area contributed by atoms with Crippen molar-refractivity contribution < 1.29 is 14.3 Å². The highest BCUT2D eigenvalue weighted by molar-refractivity contribution is 5.90. The van der Waals surface area contributed by atoms with Crippen LogP contribution in [0.4, 0.5) is 10.5 Å². The number of carbonyl (C=O) groups excluding carboxylic acids is 2. The Morgan fingerprint density at radius 3 is 2.35 bits per heavy atom. The van der Waals surface area contributed by atoms with Crippen LogP contribution in [0.1, 0.15) is 54.4 Å². The minimum absolute atomic E-state index is 0.0853. The van der Waals surface area contributed by atoms with Crippen molar-refractivity contribution in [3.05, 3.63) is 24.3 Å². The lowest BCUT2D eigenvalue weighted by Crippen LogP contribution is -2.47. The van der Waals surface area contributed by atoms with Crippen molar-refractivity contribution in [1.82, 2.24) is 5.32 Å². The molecule has 0 saturated carbocycles. The van der Waals surface area contributed by atoms with E-state index in [2.05, 4.69) is 31.4 Å². The van der Waals surface area contributed by atoms with E-state index in [-0.39, 0.29) is 16.9 Å². The summed E-state index contributed by atoms with van der Waals surface area (Å²) in [6.45, 7) is 12.1. The van der Waals surface area contributed by atoms with Gasteiger partial charge in [-0.2, -0.15) is 0 Å². The largest absolute Gasteiger partial charge is 0.413 e. The molecule has 128 valence electrons. The molecule has 0 aliphatic rings. The highest BCUT2D eigenvalue weighted by atomic mass is 16.6. The van der Waals surface area contributed by atoms with E-state index in [1.54, 1.807) is 31.2 Å². The molecule has 0 radical (unpaired) electrons. The number of hydrogen-bond donors (Lipinski definition) is 2. The van der Waals surface area contributed by atoms with Gasteiger partial charge in [0, 0.05) is 23.7 Å². The second-order valence-corrected chi connectivity index (χ2v) is 7.57. The van der Waals surface area contributed by atoms with E-state index in [9.17, 15) is 9.59 Å². The fourth-order valence-corrected chi connectivity index (χ4v) is 2.67. The fourth-order valence-electron chi connectivity index (χ4n) is 2.67. The number of hydrogen-bond acceptors (Lipinski definition) is 3. The zero-order valence-corrected chi connectivity index (χ0v) is 14.9. The van der Waals surface area contributed by atoms with Gasteiger partial charge >= 0.3 is 6.09 Å². The molecule has 0 aliphatic heterocycles. The third kappa shape index (κ3) is 7.68. The van der Waals surface area contributed by atoms with Gasteiger partial charge in [0.15, 0.2) is 0 Å². The molecule has 0 bridgehead atoms. The Morgan fingerprint density at radius 2 is 1.78 bits per heavy atom. The molecule has 1 aromatic rings. The first kappa shape index (κ1) is 19.0. The molecule has 0 atom stereocenters. The van der Waals surface area contributed by atoms with Crippen molar-refractivity contribution in [2.75, 3.05) is 5.32 Å². The Bertz CT molecular complexity index is 560. The molecule has 1 aromatic carbocycles. The number of anilines is 1. The predicted molar refractivity (Wildman–Crippen MR) is 92.7 cm³/mol. The van der Waals surface area contributed by atoms with Crippen LogP contribution >= 0.6 is 0 Å². The first-order valence-corrected chi connectivity index (χ1v) is 7.91. The third-order valence-electron chi connectivity index (χ3n) is 3.06. The number of carbonyl (C=O) groups is 2. The van der Waals surface area contributed by atoms with Gasteiger partial charge in [0.1, 0.15) is 5.75 Å². The van der Waals surface area contributed by atoms with Gasteiger partial charge in [0.25, 0.3) is 0 Å². The maximum Gasteiger partial charge on any atom is 0.413 e. The van der Waals surface area contributed by atoms with Crippen molar-refractivity contribution in [1.29, 1.82) is 0 Å². The van der Waals surface area contributed by atoms with Gasteiger partial charge in [-0.05, 0) is 37.8 Å². The topological polar surface area (TPSA) is 67.4 Å². The molecule has 5 nitrogen and oxygen atoms in total. The molecule has 0 fully saturated rings. The van der Waals surface area contributed by atoms with Crippen molar-refractivity contribution in [3.63, 3.8) is 0 Å². The molecule has 1 rings (SSSR count). The molecule has 0 aromatic heterocycles. The van der Waals surface area contributed by atoms with Crippen LogP contribution in [0.15, 0.2) is 24.3 Å². The van der Waals surface area contributed by atoms with Gasteiger partial charge in [0.2, 0.25) is 5.91 Å². The van der Waals surface area contributed by atoms with E-state index in [1.807, 2.05) is 13.8 Å². The molecule has 0 aliphatic carbocycles. The van der Waals surface area contributed by atoms with Crippen LogP contribution in [-0.2, 0) is 4.79 Å². The lowest BCUT2D eigenvalue weighted by molar-refractivity contribution is -0.115. The Balaban J connectivity index is 2.67. The number of ether oxygens (including phenoxy) is 1. The first-order chi connectivity index (χ1) is 10.5. The van der Waals surface area contributed by atoms with Gasteiger partial charge in [-0.25, -0.2) is 4.79 Å². The summed E-state index contributed by atoms with van der Waals surface area (Å²) in [6.07, 6.45) is 0.715. The highest BCUT2D eigenvalue weighted by Crippen LogP contribution is 2.27. The summed E-state index contributed by atoms with van der Waals surface area (Å²) >= 11 is 0. The molecule has 5 heteroatoms. The Morgan fingerprint density at radius 1 is 1.13 bits per heavy atom. The number of rotatable bonds is 5. The van der Waals surface area contributed by atoms with Gasteiger partial charge in [-0.3, -0.25) is 4.79 Å². The standard InChI is InChI=1S/C18H28N2O3/c1-7-15(21)19-13-9-8-10-14(11-13)23-16(22)20-18(5,6)12-17(2,3)4/h8-11H,7,12H2,1-6H3,(H,19,21)(H,20,22). The Kier molecular flexibility index (Phi) is 6.19. The summed E-state index contributed by atoms with van der Waals surface area (Å²) < 4.78 is 5.32. The number of nitrogens with one attached hydrogen (secondary N) is 2. The summed E-state index contributed by atoms with van der Waals surface area (Å²) in [7, 11) is 0. The Labute approximate surface area is 138 Å². The monoisotopic (exact) mass is 320 g/mol. The maximum atomic E-state index is 12.1. The third-order valence-corrected chi connectivity index (χ3v) is 3.06. The molecule has 2 N–H and O–H groups in total. The van der Waals surface area contributed by atoms with Crippen LogP contribution in [0, 0.1) is 5.41 Å². The normalized spacial score (nSPS) is 11.7. The Hall–Kier alpha value is -2.04. The molecular weight excluding hydrogens is 292 g/mol. The summed E-state index contributed by atoms with van der Waals surface area (Å²) in [5.74, 6) is 0.306. The fraction of sp³-hybridized carbons (Fsp3) is 0.556. The van der Waals surface area contributed by atoms with Crippen LogP contribution in [0.3, 0.4) is 0 Å². The van der Waals surface area contributed by atoms with E-state index < -0.39 is 6.09 Å². The minimum atomic E-state index is -0.502. The number of benzene rings is 1. The lowest BCUT2D eigenvalue weighted by Gasteiger charge is -2.32. The van der Waals surface area contributed by atoms with Crippen molar-refractivity contribution in [2.24, 2.45) is 5.41 Å². The summed E-state index contributed by atoms with van der Waals surface area (Å²) in [6, 6.07) is 6.79. The zero-order chi connectivity index (χ0) is 17.7. The number of amides is 2. The molecule has 23 heavy (non-hydrogen) atoms. The van der Waals surface area contributed by atoms with Crippen molar-refractivity contribution in [3.8, 4) is 5.75 Å². The summed E-state index contributed by atoms with van der Waals surface area (Å²) in [4.78, 5) is 23.5. The van der Waals surface area contributed by atoms with E-state index in [4.69, 9.17) is 4.74 Å². The van der Waals surface area contributed by atoms with Crippen LogP contribution < -0.4 is 15.4 Å². The summed E-state index contributed by atoms with van der Waals surface area (Å²) in [5, 5.41) is 5.62. The molecule has 0 spiro atoms. The van der Waals surface area contributed by atoms with Gasteiger partial charge in [-0.1, -0.05) is 33.8 Å². The molecule has 2 amide bonds. The van der Waals surface area contributed by atoms with E-state index in [1.165, 1.54) is 0 Å². The molecular formula is C18H28N2O3. The first-order valence-electron chi connectivity index (χ1n) is 7.91. The van der Waals surface area contributed by atoms with Crippen molar-refractivity contribution >= 4 is 17.7 Å². The van der Waals surface area contributed by atoms with Gasteiger partial charge < -0.3 is 15.4 Å². The predicted octanol–water partition coefficient (Wildman–Crippen LogP) is 4.34. The van der Waals surface area contributed by atoms with Gasteiger partial charge in [-0.15, -0.1) is 0 Å². The summed E-state index contributed by atoms with van der Waals surface area (Å²) in [5.41, 5.74) is 0.334. The minimum Gasteiger partial charge on any atom is -0.410 e. The van der Waals surface area contributed by atoms with Crippen LogP contribution in [0.2, 0.25) is 0 Å². The molecule has 0 unspecified atom stereocenters. The average Bonchev–Trinajstić information content (AvgIpc) is 2.34. The maximum absolute atomic E-state index is 12.1.